The molecule has 3 rings (SSSR count). The summed E-state index contributed by atoms with van der Waals surface area (Å²) in [5.41, 5.74) is 3.46. The molecule has 31 heavy (non-hydrogen) atoms. The fourth-order valence-corrected chi connectivity index (χ4v) is 3.31. The van der Waals surface area contributed by atoms with Crippen molar-refractivity contribution in [3.8, 4) is 17.3 Å². The third-order valence-electron chi connectivity index (χ3n) is 5.04. The van der Waals surface area contributed by atoms with Gasteiger partial charge in [0.25, 0.3) is 0 Å². The average Bonchev–Trinajstić information content (AvgIpc) is 3.05. The Bertz CT molecular complexity index is 1080. The van der Waals surface area contributed by atoms with Gasteiger partial charge < -0.3 is 19.7 Å². The van der Waals surface area contributed by atoms with Gasteiger partial charge in [-0.2, -0.15) is 5.10 Å². The van der Waals surface area contributed by atoms with Crippen molar-refractivity contribution in [2.75, 3.05) is 38.5 Å². The van der Waals surface area contributed by atoms with Crippen molar-refractivity contribution in [3.63, 3.8) is 0 Å². The fraction of sp³-hybridized carbons (Fsp3) is 0.364. The molecule has 0 fully saturated rings. The van der Waals surface area contributed by atoms with Gasteiger partial charge in [-0.05, 0) is 38.0 Å². The van der Waals surface area contributed by atoms with Crippen molar-refractivity contribution in [2.24, 2.45) is 0 Å². The van der Waals surface area contributed by atoms with E-state index in [9.17, 15) is 4.79 Å². The Hall–Kier alpha value is -3.62. The van der Waals surface area contributed by atoms with Crippen LogP contribution < -0.4 is 19.7 Å². The second kappa shape index (κ2) is 9.46. The molecular weight excluding hydrogens is 396 g/mol. The van der Waals surface area contributed by atoms with E-state index in [0.717, 1.165) is 22.8 Å². The molecule has 0 aliphatic carbocycles. The van der Waals surface area contributed by atoms with Crippen LogP contribution in [-0.4, -0.2) is 54.0 Å². The lowest BCUT2D eigenvalue weighted by atomic mass is 10.1. The first-order valence-electron chi connectivity index (χ1n) is 9.90. The van der Waals surface area contributed by atoms with Gasteiger partial charge in [0, 0.05) is 38.3 Å². The molecular formula is C22H28N6O3. The molecule has 0 aliphatic heterocycles. The van der Waals surface area contributed by atoms with Crippen molar-refractivity contribution >= 4 is 17.4 Å². The van der Waals surface area contributed by atoms with Gasteiger partial charge in [-0.25, -0.2) is 14.6 Å². The Morgan fingerprint density at radius 2 is 1.90 bits per heavy atom. The van der Waals surface area contributed by atoms with Crippen LogP contribution in [0.1, 0.15) is 23.4 Å². The third kappa shape index (κ3) is 4.93. The quantitative estimate of drug-likeness (QED) is 0.594. The molecule has 0 atom stereocenters. The minimum Gasteiger partial charge on any atom is -0.497 e. The number of amides is 1. The van der Waals surface area contributed by atoms with Gasteiger partial charge >= 0.3 is 0 Å². The van der Waals surface area contributed by atoms with E-state index in [4.69, 9.17) is 9.47 Å². The number of hydrogen-bond acceptors (Lipinski definition) is 7. The molecule has 1 amide bonds. The number of aromatic nitrogens is 4. The Kier molecular flexibility index (Phi) is 6.74. The molecule has 164 valence electrons. The second-order valence-electron chi connectivity index (χ2n) is 7.30. The number of nitrogens with one attached hydrogen (secondary N) is 1. The van der Waals surface area contributed by atoms with Gasteiger partial charge in [0.15, 0.2) is 5.82 Å². The van der Waals surface area contributed by atoms with Crippen molar-refractivity contribution in [2.45, 2.75) is 26.7 Å². The monoisotopic (exact) mass is 424 g/mol. The zero-order chi connectivity index (χ0) is 22.5. The highest BCUT2D eigenvalue weighted by Gasteiger charge is 2.16. The molecule has 1 N–H and O–H groups in total. The van der Waals surface area contributed by atoms with Crippen molar-refractivity contribution in [1.29, 1.82) is 0 Å². The summed E-state index contributed by atoms with van der Waals surface area (Å²) in [4.78, 5) is 23.1. The molecule has 2 aromatic heterocycles. The number of aryl methyl sites for hydroxylation is 1. The van der Waals surface area contributed by atoms with Crippen LogP contribution in [0.15, 0.2) is 30.6 Å². The van der Waals surface area contributed by atoms with Crippen LogP contribution in [0.3, 0.4) is 0 Å². The summed E-state index contributed by atoms with van der Waals surface area (Å²) >= 11 is 0. The molecule has 2 heterocycles. The normalized spacial score (nSPS) is 10.6. The molecule has 0 unspecified atom stereocenters. The largest absolute Gasteiger partial charge is 0.497 e. The first kappa shape index (κ1) is 22.1. The number of carbonyl (C=O) groups is 1. The van der Waals surface area contributed by atoms with Crippen LogP contribution in [-0.2, 0) is 11.2 Å². The van der Waals surface area contributed by atoms with Crippen LogP contribution >= 0.6 is 0 Å². The maximum absolute atomic E-state index is 12.6. The summed E-state index contributed by atoms with van der Waals surface area (Å²) in [5.74, 6) is 2.60. The summed E-state index contributed by atoms with van der Waals surface area (Å²) < 4.78 is 12.3. The molecule has 1 aromatic carbocycles. The van der Waals surface area contributed by atoms with Gasteiger partial charge in [0.1, 0.15) is 23.6 Å². The number of hydrogen-bond donors (Lipinski definition) is 1. The lowest BCUT2D eigenvalue weighted by Crippen LogP contribution is -2.14. The van der Waals surface area contributed by atoms with Gasteiger partial charge in [-0.15, -0.1) is 0 Å². The van der Waals surface area contributed by atoms with E-state index in [-0.39, 0.29) is 5.91 Å². The Labute approximate surface area is 182 Å². The minimum absolute atomic E-state index is 0.105. The number of carbonyl (C=O) groups excluding carboxylic acids is 1. The fourth-order valence-electron chi connectivity index (χ4n) is 3.31. The maximum Gasteiger partial charge on any atom is 0.224 e. The van der Waals surface area contributed by atoms with Gasteiger partial charge in [0.05, 0.1) is 25.6 Å². The molecule has 0 spiro atoms. The molecule has 0 bridgehead atoms. The Morgan fingerprint density at radius 3 is 2.58 bits per heavy atom. The molecule has 0 aliphatic rings. The van der Waals surface area contributed by atoms with Crippen LogP contribution in [0.5, 0.6) is 11.5 Å². The SMILES string of the molecule is COc1ccc(NC(=O)CCc2c(C)nn(-c3cc(N(C)C)ncn3)c2C)c(OC)c1. The summed E-state index contributed by atoms with van der Waals surface area (Å²) in [6.07, 6.45) is 2.40. The summed E-state index contributed by atoms with van der Waals surface area (Å²) in [6.45, 7) is 3.93. The van der Waals surface area contributed by atoms with Gasteiger partial charge in [0.2, 0.25) is 5.91 Å². The summed E-state index contributed by atoms with van der Waals surface area (Å²) in [6, 6.07) is 7.16. The third-order valence-corrected chi connectivity index (χ3v) is 5.04. The van der Waals surface area contributed by atoms with E-state index >= 15 is 0 Å². The number of methoxy groups -OCH3 is 2. The Morgan fingerprint density at radius 1 is 1.13 bits per heavy atom. The summed E-state index contributed by atoms with van der Waals surface area (Å²) in [5, 5.41) is 7.54. The average molecular weight is 425 g/mol. The highest BCUT2D eigenvalue weighted by atomic mass is 16.5. The highest BCUT2D eigenvalue weighted by Crippen LogP contribution is 2.29. The predicted octanol–water partition coefficient (Wildman–Crippen LogP) is 2.93. The van der Waals surface area contributed by atoms with E-state index in [1.54, 1.807) is 37.1 Å². The van der Waals surface area contributed by atoms with Crippen LogP contribution in [0.4, 0.5) is 11.5 Å². The van der Waals surface area contributed by atoms with E-state index in [1.165, 1.54) is 6.33 Å². The number of ether oxygens (including phenoxy) is 2. The van der Waals surface area contributed by atoms with E-state index in [1.807, 2.05) is 38.9 Å². The first-order chi connectivity index (χ1) is 14.8. The molecule has 0 saturated carbocycles. The maximum atomic E-state index is 12.6. The molecule has 9 nitrogen and oxygen atoms in total. The second-order valence-corrected chi connectivity index (χ2v) is 7.30. The standard InChI is InChI=1S/C22H28N6O3/c1-14-17(15(2)28(26-14)21-12-20(27(3)4)23-13-24-21)8-10-22(29)25-18-9-7-16(30-5)11-19(18)31-6/h7,9,11-13H,8,10H2,1-6H3,(H,25,29). The zero-order valence-electron chi connectivity index (χ0n) is 18.8. The van der Waals surface area contributed by atoms with Crippen LogP contribution in [0, 0.1) is 13.8 Å². The van der Waals surface area contributed by atoms with Gasteiger partial charge in [-0.1, -0.05) is 0 Å². The van der Waals surface area contributed by atoms with E-state index < -0.39 is 0 Å². The molecule has 0 radical (unpaired) electrons. The highest BCUT2D eigenvalue weighted by molar-refractivity contribution is 5.92. The first-order valence-corrected chi connectivity index (χ1v) is 9.90. The van der Waals surface area contributed by atoms with Crippen molar-refractivity contribution in [3.05, 3.63) is 47.5 Å². The lowest BCUT2D eigenvalue weighted by molar-refractivity contribution is -0.116. The van der Waals surface area contributed by atoms with Gasteiger partial charge in [-0.3, -0.25) is 4.79 Å². The minimum atomic E-state index is -0.105. The van der Waals surface area contributed by atoms with E-state index in [2.05, 4.69) is 20.4 Å². The molecule has 3 aromatic rings. The number of anilines is 2. The molecule has 9 heteroatoms. The predicted molar refractivity (Wildman–Crippen MR) is 119 cm³/mol. The number of rotatable bonds is 8. The van der Waals surface area contributed by atoms with Crippen molar-refractivity contribution in [1.82, 2.24) is 19.7 Å². The lowest BCUT2D eigenvalue weighted by Gasteiger charge is -2.12. The Balaban J connectivity index is 1.73. The van der Waals surface area contributed by atoms with E-state index in [0.29, 0.717) is 35.8 Å². The topological polar surface area (TPSA) is 94.4 Å². The number of benzene rings is 1. The number of nitrogens with zero attached hydrogens (tertiary/aromatic N) is 5. The summed E-state index contributed by atoms with van der Waals surface area (Å²) in [7, 11) is 6.99. The van der Waals surface area contributed by atoms with Crippen LogP contribution in [0.25, 0.3) is 5.82 Å². The van der Waals surface area contributed by atoms with Crippen LogP contribution in [0.2, 0.25) is 0 Å². The molecule has 0 saturated heterocycles. The zero-order valence-corrected chi connectivity index (χ0v) is 18.8. The smallest absolute Gasteiger partial charge is 0.224 e. The van der Waals surface area contributed by atoms with Crippen molar-refractivity contribution < 1.29 is 14.3 Å².